The number of thioether (sulfide) groups is 1. The van der Waals surface area contributed by atoms with Gasteiger partial charge in [-0.15, -0.1) is 0 Å². The first kappa shape index (κ1) is 14.2. The molecule has 0 saturated heterocycles. The van der Waals surface area contributed by atoms with Gasteiger partial charge in [0, 0.05) is 24.7 Å². The Morgan fingerprint density at radius 3 is 2.14 bits per heavy atom. The summed E-state index contributed by atoms with van der Waals surface area (Å²) in [4.78, 5) is 0. The molecule has 0 aromatic rings. The van der Waals surface area contributed by atoms with Crippen LogP contribution in [0.4, 0.5) is 0 Å². The zero-order valence-electron chi connectivity index (χ0n) is 8.81. The summed E-state index contributed by atoms with van der Waals surface area (Å²) < 4.78 is 10.6. The first-order valence-corrected chi connectivity index (χ1v) is 5.99. The molecule has 2 N–H and O–H groups in total. The molecule has 0 amide bonds. The van der Waals surface area contributed by atoms with Gasteiger partial charge in [-0.1, -0.05) is 0 Å². The Morgan fingerprint density at radius 2 is 1.71 bits per heavy atom. The van der Waals surface area contributed by atoms with Crippen LogP contribution in [0.2, 0.25) is 0 Å². The third kappa shape index (κ3) is 7.58. The van der Waals surface area contributed by atoms with Gasteiger partial charge in [-0.2, -0.15) is 11.8 Å². The molecular weight excluding hydrogens is 204 g/mol. The van der Waals surface area contributed by atoms with E-state index in [2.05, 4.69) is 0 Å². The molecule has 0 aliphatic rings. The fourth-order valence-electron chi connectivity index (χ4n) is 0.869. The van der Waals surface area contributed by atoms with Crippen LogP contribution in [0.15, 0.2) is 0 Å². The van der Waals surface area contributed by atoms with Crippen molar-refractivity contribution in [2.24, 2.45) is 0 Å². The molecule has 1 unspecified atom stereocenters. The van der Waals surface area contributed by atoms with Crippen LogP contribution >= 0.6 is 11.8 Å². The lowest BCUT2D eigenvalue weighted by atomic mass is 10.4. The monoisotopic (exact) mass is 224 g/mol. The largest absolute Gasteiger partial charge is 0.394 e. The van der Waals surface area contributed by atoms with Crippen molar-refractivity contribution < 1.29 is 19.7 Å². The lowest BCUT2D eigenvalue weighted by Gasteiger charge is -2.16. The zero-order valence-corrected chi connectivity index (χ0v) is 9.63. The van der Waals surface area contributed by atoms with Gasteiger partial charge in [0.15, 0.2) is 6.29 Å². The zero-order chi connectivity index (χ0) is 10.8. The van der Waals surface area contributed by atoms with Crippen molar-refractivity contribution >= 4 is 11.8 Å². The summed E-state index contributed by atoms with van der Waals surface area (Å²) in [7, 11) is 0. The van der Waals surface area contributed by atoms with Crippen LogP contribution in [-0.2, 0) is 9.47 Å². The van der Waals surface area contributed by atoms with Gasteiger partial charge in [0.2, 0.25) is 0 Å². The number of rotatable bonds is 9. The van der Waals surface area contributed by atoms with E-state index in [0.29, 0.717) is 24.7 Å². The summed E-state index contributed by atoms with van der Waals surface area (Å²) in [6.45, 7) is 4.88. The second-order valence-corrected chi connectivity index (χ2v) is 3.79. The quantitative estimate of drug-likeness (QED) is 0.558. The normalized spacial score (nSPS) is 13.5. The van der Waals surface area contributed by atoms with Crippen LogP contribution in [0.5, 0.6) is 0 Å². The summed E-state index contributed by atoms with van der Waals surface area (Å²) in [5.41, 5.74) is 0. The van der Waals surface area contributed by atoms with Gasteiger partial charge < -0.3 is 19.7 Å². The number of hydrogen-bond donors (Lipinski definition) is 2. The lowest BCUT2D eigenvalue weighted by molar-refractivity contribution is -0.120. The number of hydrogen-bond acceptors (Lipinski definition) is 5. The van der Waals surface area contributed by atoms with E-state index in [9.17, 15) is 0 Å². The van der Waals surface area contributed by atoms with Crippen molar-refractivity contribution in [3.63, 3.8) is 0 Å². The smallest absolute Gasteiger partial charge is 0.166 e. The van der Waals surface area contributed by atoms with Gasteiger partial charge in [-0.25, -0.2) is 0 Å². The first-order valence-electron chi connectivity index (χ1n) is 4.84. The van der Waals surface area contributed by atoms with E-state index in [0.717, 1.165) is 0 Å². The highest BCUT2D eigenvalue weighted by Gasteiger charge is 2.09. The van der Waals surface area contributed by atoms with E-state index in [1.54, 1.807) is 0 Å². The van der Waals surface area contributed by atoms with Gasteiger partial charge in [-0.05, 0) is 13.8 Å². The van der Waals surface area contributed by atoms with Crippen molar-refractivity contribution in [2.45, 2.75) is 26.2 Å². The van der Waals surface area contributed by atoms with Crippen LogP contribution in [0.25, 0.3) is 0 Å². The Labute approximate surface area is 89.6 Å². The van der Waals surface area contributed by atoms with Crippen molar-refractivity contribution in [3.05, 3.63) is 0 Å². The summed E-state index contributed by atoms with van der Waals surface area (Å²) in [6, 6.07) is 0. The predicted octanol–water partition coefficient (Wildman–Crippen LogP) is 0.472. The number of aliphatic hydroxyl groups excluding tert-OH is 2. The molecule has 0 saturated carbocycles. The molecule has 14 heavy (non-hydrogen) atoms. The standard InChI is InChI=1S/C9H20O4S/c1-3-12-9(13-4-2)7-14-6-8(11)5-10/h8-11H,3-7H2,1-2H3. The average Bonchev–Trinajstić information content (AvgIpc) is 2.18. The fraction of sp³-hybridized carbons (Fsp3) is 1.00. The molecule has 5 heteroatoms. The molecule has 0 aliphatic carbocycles. The third-order valence-corrected chi connectivity index (χ3v) is 2.61. The van der Waals surface area contributed by atoms with Crippen LogP contribution in [0, 0.1) is 0 Å². The summed E-state index contributed by atoms with van der Waals surface area (Å²) in [5, 5.41) is 17.7. The molecule has 0 aromatic carbocycles. The highest BCUT2D eigenvalue weighted by Crippen LogP contribution is 2.08. The van der Waals surface area contributed by atoms with Gasteiger partial charge in [-0.3, -0.25) is 0 Å². The molecule has 0 aromatic heterocycles. The Balaban J connectivity index is 3.49. The highest BCUT2D eigenvalue weighted by atomic mass is 32.2. The van der Waals surface area contributed by atoms with Crippen LogP contribution < -0.4 is 0 Å². The van der Waals surface area contributed by atoms with Crippen molar-refractivity contribution in [3.8, 4) is 0 Å². The maximum atomic E-state index is 9.08. The topological polar surface area (TPSA) is 58.9 Å². The second kappa shape index (κ2) is 9.73. The van der Waals surface area contributed by atoms with Crippen LogP contribution in [0.3, 0.4) is 0 Å². The summed E-state index contributed by atoms with van der Waals surface area (Å²) in [6.07, 6.45) is -0.857. The molecule has 0 heterocycles. The molecule has 1 atom stereocenters. The summed E-state index contributed by atoms with van der Waals surface area (Å²) >= 11 is 1.51. The second-order valence-electron chi connectivity index (χ2n) is 2.71. The molecule has 0 spiro atoms. The lowest BCUT2D eigenvalue weighted by Crippen LogP contribution is -2.22. The fourth-order valence-corrected chi connectivity index (χ4v) is 1.77. The molecule has 86 valence electrons. The molecule has 4 nitrogen and oxygen atoms in total. The maximum Gasteiger partial charge on any atom is 0.166 e. The molecule has 0 aliphatic heterocycles. The number of ether oxygens (including phenoxy) is 2. The Bertz CT molecular complexity index is 117. The molecule has 0 fully saturated rings. The van der Waals surface area contributed by atoms with E-state index in [4.69, 9.17) is 19.7 Å². The van der Waals surface area contributed by atoms with Crippen LogP contribution in [-0.4, -0.2) is 53.9 Å². The van der Waals surface area contributed by atoms with Gasteiger partial charge in [0.1, 0.15) is 0 Å². The van der Waals surface area contributed by atoms with Gasteiger partial charge >= 0.3 is 0 Å². The Hall–Kier alpha value is 0.190. The van der Waals surface area contributed by atoms with Crippen molar-refractivity contribution in [1.82, 2.24) is 0 Å². The molecular formula is C9H20O4S. The average molecular weight is 224 g/mol. The Morgan fingerprint density at radius 1 is 1.14 bits per heavy atom. The minimum atomic E-state index is -0.649. The molecule has 0 bridgehead atoms. The third-order valence-electron chi connectivity index (χ3n) is 1.48. The minimum Gasteiger partial charge on any atom is -0.394 e. The maximum absolute atomic E-state index is 9.08. The van der Waals surface area contributed by atoms with E-state index in [1.807, 2.05) is 13.8 Å². The van der Waals surface area contributed by atoms with Gasteiger partial charge in [0.25, 0.3) is 0 Å². The van der Waals surface area contributed by atoms with E-state index < -0.39 is 6.10 Å². The van der Waals surface area contributed by atoms with E-state index >= 15 is 0 Å². The Kier molecular flexibility index (Phi) is 9.87. The predicted molar refractivity (Wildman–Crippen MR) is 57.5 cm³/mol. The number of aliphatic hydroxyl groups is 2. The van der Waals surface area contributed by atoms with Crippen LogP contribution in [0.1, 0.15) is 13.8 Å². The first-order chi connectivity index (χ1) is 6.74. The molecule has 0 radical (unpaired) electrons. The van der Waals surface area contributed by atoms with Crippen molar-refractivity contribution in [2.75, 3.05) is 31.3 Å². The van der Waals surface area contributed by atoms with Crippen molar-refractivity contribution in [1.29, 1.82) is 0 Å². The van der Waals surface area contributed by atoms with Gasteiger partial charge in [0.05, 0.1) is 12.7 Å². The summed E-state index contributed by atoms with van der Waals surface area (Å²) in [5.74, 6) is 1.19. The van der Waals surface area contributed by atoms with E-state index in [1.165, 1.54) is 11.8 Å². The SMILES string of the molecule is CCOC(CSCC(O)CO)OCC. The molecule has 0 rings (SSSR count). The van der Waals surface area contributed by atoms with E-state index in [-0.39, 0.29) is 12.9 Å². The highest BCUT2D eigenvalue weighted by molar-refractivity contribution is 7.99. The minimum absolute atomic E-state index is 0.194.